The largest absolute Gasteiger partial charge is 0.378 e. The number of carbonyl (C=O) groups excluding carboxylic acids is 2. The summed E-state index contributed by atoms with van der Waals surface area (Å²) in [6.07, 6.45) is 0. The van der Waals surface area contributed by atoms with Crippen molar-refractivity contribution < 1.29 is 14.3 Å². The van der Waals surface area contributed by atoms with Crippen LogP contribution in [0.4, 0.5) is 0 Å². The van der Waals surface area contributed by atoms with Crippen molar-refractivity contribution in [1.29, 1.82) is 0 Å². The Hall–Kier alpha value is -2.45. The summed E-state index contributed by atoms with van der Waals surface area (Å²) >= 11 is 6.18. The average Bonchev–Trinajstić information content (AvgIpc) is 3.04. The Morgan fingerprint density at radius 1 is 1.27 bits per heavy atom. The van der Waals surface area contributed by atoms with Gasteiger partial charge in [-0.2, -0.15) is 0 Å². The highest BCUT2D eigenvalue weighted by Gasteiger charge is 2.25. The number of nitrogens with zero attached hydrogens (tertiary/aromatic N) is 4. The Balaban J connectivity index is 1.71. The summed E-state index contributed by atoms with van der Waals surface area (Å²) in [5, 5.41) is 7.39. The van der Waals surface area contributed by atoms with Gasteiger partial charge in [0, 0.05) is 13.1 Å². The number of hydrogen-bond donors (Lipinski definition) is 1. The van der Waals surface area contributed by atoms with Crippen LogP contribution in [0.25, 0.3) is 5.69 Å². The molecule has 8 nitrogen and oxygen atoms in total. The first-order chi connectivity index (χ1) is 12.5. The van der Waals surface area contributed by atoms with Crippen LogP contribution in [0.15, 0.2) is 24.3 Å². The molecule has 2 amide bonds. The van der Waals surface area contributed by atoms with Crippen LogP contribution in [0, 0.1) is 6.92 Å². The van der Waals surface area contributed by atoms with Crippen molar-refractivity contribution in [3.05, 3.63) is 40.9 Å². The number of aromatic nitrogens is 3. The molecule has 1 aliphatic heterocycles. The average molecular weight is 378 g/mol. The van der Waals surface area contributed by atoms with E-state index in [1.165, 1.54) is 4.68 Å². The third-order valence-electron chi connectivity index (χ3n) is 4.09. The van der Waals surface area contributed by atoms with E-state index in [1.807, 2.05) is 12.1 Å². The summed E-state index contributed by atoms with van der Waals surface area (Å²) < 4.78 is 6.74. The molecule has 1 fully saturated rings. The molecule has 138 valence electrons. The van der Waals surface area contributed by atoms with Gasteiger partial charge in [0.25, 0.3) is 5.91 Å². The molecular formula is C17H20ClN5O3. The smallest absolute Gasteiger partial charge is 0.291 e. The molecule has 0 saturated carbocycles. The Morgan fingerprint density at radius 2 is 1.96 bits per heavy atom. The van der Waals surface area contributed by atoms with E-state index in [9.17, 15) is 9.59 Å². The van der Waals surface area contributed by atoms with Crippen molar-refractivity contribution in [3.8, 4) is 5.69 Å². The highest BCUT2D eigenvalue weighted by Crippen LogP contribution is 2.20. The lowest BCUT2D eigenvalue weighted by atomic mass is 10.2. The molecule has 0 radical (unpaired) electrons. The van der Waals surface area contributed by atoms with Crippen molar-refractivity contribution in [2.75, 3.05) is 26.3 Å². The van der Waals surface area contributed by atoms with E-state index in [0.29, 0.717) is 42.8 Å². The molecule has 2 heterocycles. The molecule has 1 aromatic carbocycles. The normalized spacial score (nSPS) is 15.6. The number of hydrogen-bond acceptors (Lipinski definition) is 5. The third kappa shape index (κ3) is 3.86. The zero-order valence-corrected chi connectivity index (χ0v) is 15.4. The second-order valence-corrected chi connectivity index (χ2v) is 6.39. The molecule has 3 rings (SSSR count). The van der Waals surface area contributed by atoms with E-state index in [0.717, 1.165) is 0 Å². The number of benzene rings is 1. The zero-order chi connectivity index (χ0) is 18.7. The van der Waals surface area contributed by atoms with Crippen molar-refractivity contribution in [2.45, 2.75) is 19.9 Å². The Labute approximate surface area is 156 Å². The molecule has 1 unspecified atom stereocenters. The van der Waals surface area contributed by atoms with Gasteiger partial charge in [0.15, 0.2) is 0 Å². The molecule has 9 heteroatoms. The zero-order valence-electron chi connectivity index (χ0n) is 14.6. The van der Waals surface area contributed by atoms with Crippen LogP contribution in [0.3, 0.4) is 0 Å². The fraction of sp³-hybridized carbons (Fsp3) is 0.412. The standard InChI is InChI=1S/C17H20ClN5O3/c1-11(17(25)22-7-9-26-10-8-22)19-16(24)15-20-12(2)23(21-15)14-6-4-3-5-13(14)18/h3-6,11H,7-10H2,1-2H3,(H,19,24). The summed E-state index contributed by atoms with van der Waals surface area (Å²) in [6.45, 7) is 5.45. The minimum atomic E-state index is -0.673. The first kappa shape index (κ1) is 18.3. The first-order valence-corrected chi connectivity index (χ1v) is 8.71. The van der Waals surface area contributed by atoms with Gasteiger partial charge in [-0.15, -0.1) is 5.10 Å². The van der Waals surface area contributed by atoms with Crippen LogP contribution in [0.2, 0.25) is 5.02 Å². The highest BCUT2D eigenvalue weighted by atomic mass is 35.5. The van der Waals surface area contributed by atoms with Gasteiger partial charge in [0.2, 0.25) is 11.7 Å². The lowest BCUT2D eigenvalue weighted by Gasteiger charge is -2.29. The first-order valence-electron chi connectivity index (χ1n) is 8.33. The third-order valence-corrected chi connectivity index (χ3v) is 4.41. The number of amides is 2. The maximum absolute atomic E-state index is 12.4. The van der Waals surface area contributed by atoms with Gasteiger partial charge >= 0.3 is 0 Å². The van der Waals surface area contributed by atoms with Gasteiger partial charge in [-0.3, -0.25) is 9.59 Å². The summed E-state index contributed by atoms with van der Waals surface area (Å²) in [7, 11) is 0. The van der Waals surface area contributed by atoms with Gasteiger partial charge in [-0.05, 0) is 26.0 Å². The molecule has 0 spiro atoms. The second kappa shape index (κ2) is 7.84. The van der Waals surface area contributed by atoms with Crippen LogP contribution >= 0.6 is 11.6 Å². The molecule has 1 aliphatic rings. The summed E-state index contributed by atoms with van der Waals surface area (Å²) in [5.74, 6) is -0.142. The molecule has 1 aromatic heterocycles. The van der Waals surface area contributed by atoms with Gasteiger partial charge in [-0.1, -0.05) is 23.7 Å². The lowest BCUT2D eigenvalue weighted by Crippen LogP contribution is -2.50. The van der Waals surface area contributed by atoms with Crippen LogP contribution in [0.5, 0.6) is 0 Å². The van der Waals surface area contributed by atoms with E-state index in [4.69, 9.17) is 16.3 Å². The van der Waals surface area contributed by atoms with Crippen LogP contribution < -0.4 is 5.32 Å². The predicted octanol–water partition coefficient (Wildman–Crippen LogP) is 1.21. The van der Waals surface area contributed by atoms with E-state index in [-0.39, 0.29) is 11.7 Å². The molecule has 2 aromatic rings. The number of carbonyl (C=O) groups is 2. The molecule has 0 bridgehead atoms. The van der Waals surface area contributed by atoms with E-state index in [1.54, 1.807) is 30.9 Å². The number of rotatable bonds is 4. The summed E-state index contributed by atoms with van der Waals surface area (Å²) in [6, 6.07) is 6.49. The fourth-order valence-corrected chi connectivity index (χ4v) is 2.93. The summed E-state index contributed by atoms with van der Waals surface area (Å²) in [4.78, 5) is 30.7. The maximum Gasteiger partial charge on any atom is 0.291 e. The molecule has 26 heavy (non-hydrogen) atoms. The molecule has 0 aliphatic carbocycles. The lowest BCUT2D eigenvalue weighted by molar-refractivity contribution is -0.136. The number of aryl methyl sites for hydroxylation is 1. The number of ether oxygens (including phenoxy) is 1. The van der Waals surface area contributed by atoms with E-state index in [2.05, 4.69) is 15.4 Å². The van der Waals surface area contributed by atoms with Crippen molar-refractivity contribution in [1.82, 2.24) is 25.0 Å². The molecule has 1 N–H and O–H groups in total. The number of morpholine rings is 1. The van der Waals surface area contributed by atoms with Gasteiger partial charge in [0.1, 0.15) is 11.9 Å². The van der Waals surface area contributed by atoms with Crippen LogP contribution in [0.1, 0.15) is 23.4 Å². The van der Waals surface area contributed by atoms with Crippen molar-refractivity contribution in [3.63, 3.8) is 0 Å². The van der Waals surface area contributed by atoms with Gasteiger partial charge < -0.3 is 15.0 Å². The van der Waals surface area contributed by atoms with Crippen molar-refractivity contribution >= 4 is 23.4 Å². The van der Waals surface area contributed by atoms with Gasteiger partial charge in [0.05, 0.1) is 23.9 Å². The van der Waals surface area contributed by atoms with Crippen LogP contribution in [-0.2, 0) is 9.53 Å². The Morgan fingerprint density at radius 3 is 2.65 bits per heavy atom. The second-order valence-electron chi connectivity index (χ2n) is 5.98. The maximum atomic E-state index is 12.4. The quantitative estimate of drug-likeness (QED) is 0.865. The van der Waals surface area contributed by atoms with Gasteiger partial charge in [-0.25, -0.2) is 9.67 Å². The fourth-order valence-electron chi connectivity index (χ4n) is 2.72. The predicted molar refractivity (Wildman–Crippen MR) is 95.4 cm³/mol. The Bertz CT molecular complexity index is 816. The number of para-hydroxylation sites is 1. The number of nitrogens with one attached hydrogen (secondary N) is 1. The van der Waals surface area contributed by atoms with E-state index < -0.39 is 11.9 Å². The Kier molecular flexibility index (Phi) is 5.53. The summed E-state index contributed by atoms with van der Waals surface area (Å²) in [5.41, 5.74) is 0.635. The minimum Gasteiger partial charge on any atom is -0.378 e. The monoisotopic (exact) mass is 377 g/mol. The van der Waals surface area contributed by atoms with E-state index >= 15 is 0 Å². The minimum absolute atomic E-state index is 0.0101. The number of halogens is 1. The molecule has 1 atom stereocenters. The topological polar surface area (TPSA) is 89.3 Å². The molecule has 1 saturated heterocycles. The van der Waals surface area contributed by atoms with Crippen LogP contribution in [-0.4, -0.2) is 63.8 Å². The molecular weight excluding hydrogens is 358 g/mol. The van der Waals surface area contributed by atoms with Crippen molar-refractivity contribution in [2.24, 2.45) is 0 Å². The highest BCUT2D eigenvalue weighted by molar-refractivity contribution is 6.32. The SMILES string of the molecule is Cc1nc(C(=O)NC(C)C(=O)N2CCOCC2)nn1-c1ccccc1Cl.